The SMILES string of the molecule is CCC(C)CNc1cnnc2ccccc12. The molecule has 2 aromatic rings. The van der Waals surface area contributed by atoms with Crippen molar-refractivity contribution >= 4 is 16.6 Å². The molecule has 1 heterocycles. The summed E-state index contributed by atoms with van der Waals surface area (Å²) in [5.41, 5.74) is 2.02. The molecule has 3 heteroatoms. The van der Waals surface area contributed by atoms with E-state index < -0.39 is 0 Å². The summed E-state index contributed by atoms with van der Waals surface area (Å²) in [6, 6.07) is 8.06. The zero-order valence-electron chi connectivity index (χ0n) is 9.77. The van der Waals surface area contributed by atoms with Gasteiger partial charge < -0.3 is 5.32 Å². The van der Waals surface area contributed by atoms with Crippen LogP contribution in [-0.2, 0) is 0 Å². The van der Waals surface area contributed by atoms with E-state index in [9.17, 15) is 0 Å². The summed E-state index contributed by atoms with van der Waals surface area (Å²) in [5.74, 6) is 0.673. The maximum absolute atomic E-state index is 4.10. The van der Waals surface area contributed by atoms with Gasteiger partial charge in [-0.3, -0.25) is 0 Å². The van der Waals surface area contributed by atoms with Gasteiger partial charge in [-0.1, -0.05) is 38.5 Å². The van der Waals surface area contributed by atoms with E-state index in [1.165, 1.54) is 6.42 Å². The van der Waals surface area contributed by atoms with Crippen LogP contribution in [0, 0.1) is 5.92 Å². The lowest BCUT2D eigenvalue weighted by Crippen LogP contribution is -2.10. The van der Waals surface area contributed by atoms with Gasteiger partial charge in [0.15, 0.2) is 0 Å². The molecule has 1 N–H and O–H groups in total. The number of hydrogen-bond donors (Lipinski definition) is 1. The smallest absolute Gasteiger partial charge is 0.0950 e. The predicted octanol–water partition coefficient (Wildman–Crippen LogP) is 3.09. The molecule has 1 atom stereocenters. The molecule has 0 radical (unpaired) electrons. The lowest BCUT2D eigenvalue weighted by Gasteiger charge is -2.12. The molecule has 0 aliphatic rings. The molecule has 3 nitrogen and oxygen atoms in total. The second kappa shape index (κ2) is 4.92. The van der Waals surface area contributed by atoms with Gasteiger partial charge in [0.1, 0.15) is 0 Å². The number of fused-ring (bicyclic) bond motifs is 1. The monoisotopic (exact) mass is 215 g/mol. The molecule has 0 aliphatic heterocycles. The van der Waals surface area contributed by atoms with E-state index in [4.69, 9.17) is 0 Å². The molecular weight excluding hydrogens is 198 g/mol. The Morgan fingerprint density at radius 2 is 2.12 bits per heavy atom. The zero-order chi connectivity index (χ0) is 11.4. The van der Waals surface area contributed by atoms with Crippen molar-refractivity contribution in [2.24, 2.45) is 5.92 Å². The number of anilines is 1. The molecule has 16 heavy (non-hydrogen) atoms. The lowest BCUT2D eigenvalue weighted by atomic mass is 10.1. The second-order valence-corrected chi connectivity index (χ2v) is 4.17. The largest absolute Gasteiger partial charge is 0.383 e. The average Bonchev–Trinajstić information content (AvgIpc) is 2.35. The number of rotatable bonds is 4. The molecule has 0 amide bonds. The number of hydrogen-bond acceptors (Lipinski definition) is 3. The molecular formula is C13H17N3. The van der Waals surface area contributed by atoms with E-state index in [2.05, 4.69) is 35.4 Å². The summed E-state index contributed by atoms with van der Waals surface area (Å²) in [5, 5.41) is 12.7. The fourth-order valence-electron chi connectivity index (χ4n) is 1.58. The molecule has 0 bridgehead atoms. The first-order chi connectivity index (χ1) is 7.81. The van der Waals surface area contributed by atoms with Gasteiger partial charge in [-0.05, 0) is 12.0 Å². The van der Waals surface area contributed by atoms with Crippen LogP contribution < -0.4 is 5.32 Å². The van der Waals surface area contributed by atoms with Crippen LogP contribution in [0.2, 0.25) is 0 Å². The number of nitrogens with one attached hydrogen (secondary N) is 1. The van der Waals surface area contributed by atoms with E-state index >= 15 is 0 Å². The third-order valence-electron chi connectivity index (χ3n) is 2.88. The third kappa shape index (κ3) is 2.30. The third-order valence-corrected chi connectivity index (χ3v) is 2.88. The van der Waals surface area contributed by atoms with Crippen molar-refractivity contribution in [1.29, 1.82) is 0 Å². The van der Waals surface area contributed by atoms with Crippen LogP contribution in [0.1, 0.15) is 20.3 Å². The van der Waals surface area contributed by atoms with Crippen molar-refractivity contribution in [3.8, 4) is 0 Å². The minimum atomic E-state index is 0.673. The fourth-order valence-corrected chi connectivity index (χ4v) is 1.58. The average molecular weight is 215 g/mol. The molecule has 1 aromatic heterocycles. The first kappa shape index (κ1) is 10.9. The highest BCUT2D eigenvalue weighted by Gasteiger charge is 2.03. The highest BCUT2D eigenvalue weighted by atomic mass is 15.1. The lowest BCUT2D eigenvalue weighted by molar-refractivity contribution is 0.593. The van der Waals surface area contributed by atoms with E-state index in [-0.39, 0.29) is 0 Å². The van der Waals surface area contributed by atoms with Gasteiger partial charge in [-0.15, -0.1) is 0 Å². The number of nitrogens with zero attached hydrogens (tertiary/aromatic N) is 2. The van der Waals surface area contributed by atoms with Gasteiger partial charge >= 0.3 is 0 Å². The standard InChI is InChI=1S/C13H17N3/c1-3-10(2)8-14-13-9-15-16-12-7-5-4-6-11(12)13/h4-7,9-10H,3,8H2,1-2H3,(H,14,16). The van der Waals surface area contributed by atoms with E-state index in [0.29, 0.717) is 5.92 Å². The van der Waals surface area contributed by atoms with Gasteiger partial charge in [-0.25, -0.2) is 0 Å². The summed E-state index contributed by atoms with van der Waals surface area (Å²) in [6.07, 6.45) is 2.98. The summed E-state index contributed by atoms with van der Waals surface area (Å²) in [4.78, 5) is 0. The van der Waals surface area contributed by atoms with Crippen LogP contribution in [0.15, 0.2) is 30.5 Å². The van der Waals surface area contributed by atoms with Crippen molar-refractivity contribution in [2.45, 2.75) is 20.3 Å². The second-order valence-electron chi connectivity index (χ2n) is 4.17. The first-order valence-corrected chi connectivity index (χ1v) is 5.75. The Morgan fingerprint density at radius 1 is 1.31 bits per heavy atom. The predicted molar refractivity (Wildman–Crippen MR) is 67.5 cm³/mol. The van der Waals surface area contributed by atoms with Crippen LogP contribution >= 0.6 is 0 Å². The van der Waals surface area contributed by atoms with Crippen LogP contribution in [0.4, 0.5) is 5.69 Å². The van der Waals surface area contributed by atoms with Gasteiger partial charge in [0.2, 0.25) is 0 Å². The van der Waals surface area contributed by atoms with Crippen molar-refractivity contribution in [3.05, 3.63) is 30.5 Å². The Kier molecular flexibility index (Phi) is 3.34. The van der Waals surface area contributed by atoms with Crippen molar-refractivity contribution in [2.75, 3.05) is 11.9 Å². The molecule has 2 rings (SSSR count). The summed E-state index contributed by atoms with van der Waals surface area (Å²) in [7, 11) is 0. The maximum Gasteiger partial charge on any atom is 0.0950 e. The van der Waals surface area contributed by atoms with Crippen LogP contribution in [0.25, 0.3) is 10.9 Å². The van der Waals surface area contributed by atoms with Crippen LogP contribution in [-0.4, -0.2) is 16.7 Å². The molecule has 0 spiro atoms. The topological polar surface area (TPSA) is 37.8 Å². The minimum absolute atomic E-state index is 0.673. The Hall–Kier alpha value is -1.64. The number of aromatic nitrogens is 2. The van der Waals surface area contributed by atoms with Crippen LogP contribution in [0.5, 0.6) is 0 Å². The highest BCUT2D eigenvalue weighted by molar-refractivity contribution is 5.90. The van der Waals surface area contributed by atoms with Crippen molar-refractivity contribution < 1.29 is 0 Å². The van der Waals surface area contributed by atoms with Crippen molar-refractivity contribution in [3.63, 3.8) is 0 Å². The molecule has 0 saturated carbocycles. The first-order valence-electron chi connectivity index (χ1n) is 5.75. The Balaban J connectivity index is 2.23. The molecule has 0 saturated heterocycles. The Morgan fingerprint density at radius 3 is 2.94 bits per heavy atom. The minimum Gasteiger partial charge on any atom is -0.383 e. The highest BCUT2D eigenvalue weighted by Crippen LogP contribution is 2.20. The van der Waals surface area contributed by atoms with Gasteiger partial charge in [0.25, 0.3) is 0 Å². The quantitative estimate of drug-likeness (QED) is 0.851. The van der Waals surface area contributed by atoms with Gasteiger partial charge in [0, 0.05) is 11.9 Å². The summed E-state index contributed by atoms with van der Waals surface area (Å²) >= 11 is 0. The summed E-state index contributed by atoms with van der Waals surface area (Å²) < 4.78 is 0. The molecule has 84 valence electrons. The van der Waals surface area contributed by atoms with Crippen LogP contribution in [0.3, 0.4) is 0 Å². The van der Waals surface area contributed by atoms with Crippen molar-refractivity contribution in [1.82, 2.24) is 10.2 Å². The molecule has 1 unspecified atom stereocenters. The van der Waals surface area contributed by atoms with E-state index in [0.717, 1.165) is 23.1 Å². The van der Waals surface area contributed by atoms with E-state index in [1.54, 1.807) is 6.20 Å². The van der Waals surface area contributed by atoms with Gasteiger partial charge in [-0.2, -0.15) is 10.2 Å². The van der Waals surface area contributed by atoms with Gasteiger partial charge in [0.05, 0.1) is 17.4 Å². The molecule has 0 fully saturated rings. The number of benzene rings is 1. The molecule has 1 aromatic carbocycles. The Bertz CT molecular complexity index is 462. The summed E-state index contributed by atoms with van der Waals surface area (Å²) in [6.45, 7) is 5.42. The molecule has 0 aliphatic carbocycles. The normalized spacial score (nSPS) is 12.6. The Labute approximate surface area is 95.9 Å². The maximum atomic E-state index is 4.10. The fraction of sp³-hybridized carbons (Fsp3) is 0.385. The van der Waals surface area contributed by atoms with E-state index in [1.807, 2.05) is 18.2 Å². The zero-order valence-corrected chi connectivity index (χ0v) is 9.77.